The number of aliphatic carboxylic acids is 1. The fraction of sp³-hybridized carbons (Fsp3) is 0.389. The Morgan fingerprint density at radius 3 is 2.32 bits per heavy atom. The number of hydrogen-bond donors (Lipinski definition) is 2. The van der Waals surface area contributed by atoms with Crippen LogP contribution in [0.5, 0.6) is 0 Å². The van der Waals surface area contributed by atoms with Crippen LogP contribution in [0.4, 0.5) is 0 Å². The van der Waals surface area contributed by atoms with E-state index in [0.717, 1.165) is 21.5 Å². The third-order valence-electron chi connectivity index (χ3n) is 4.22. The number of rotatable bonds is 1. The number of fused-ring (bicyclic) bond motifs is 3. The van der Waals surface area contributed by atoms with E-state index in [1.807, 2.05) is 24.3 Å². The molecule has 2 N–H and O–H groups in total. The summed E-state index contributed by atoms with van der Waals surface area (Å²) >= 11 is 0. The van der Waals surface area contributed by atoms with Crippen molar-refractivity contribution in [3.63, 3.8) is 0 Å². The van der Waals surface area contributed by atoms with Crippen molar-refractivity contribution in [1.82, 2.24) is 4.98 Å². The van der Waals surface area contributed by atoms with Crippen molar-refractivity contribution in [1.29, 1.82) is 0 Å². The van der Waals surface area contributed by atoms with Crippen LogP contribution in [0.2, 0.25) is 0 Å². The molecule has 0 radical (unpaired) electrons. The quantitative estimate of drug-likeness (QED) is 0.850. The van der Waals surface area contributed by atoms with Crippen LogP contribution in [0.15, 0.2) is 24.3 Å². The van der Waals surface area contributed by atoms with Crippen molar-refractivity contribution in [2.24, 2.45) is 0 Å². The highest BCUT2D eigenvalue weighted by Gasteiger charge is 2.15. The van der Waals surface area contributed by atoms with E-state index in [1.54, 1.807) is 6.26 Å². The zero-order valence-electron chi connectivity index (χ0n) is 12.6. The Morgan fingerprint density at radius 2 is 1.68 bits per heavy atom. The van der Waals surface area contributed by atoms with Gasteiger partial charge in [-0.15, -0.1) is 0 Å². The Bertz CT molecular complexity index is 773. The Hall–Kier alpha value is -2.23. The molecule has 2 heterocycles. The first kappa shape index (κ1) is 14.7. The van der Waals surface area contributed by atoms with Crippen molar-refractivity contribution < 1.29 is 14.6 Å². The molecule has 4 rings (SSSR count). The highest BCUT2D eigenvalue weighted by Crippen LogP contribution is 2.15. The maximum Gasteiger partial charge on any atom is 0.335 e. The molecule has 1 fully saturated rings. The lowest BCUT2D eigenvalue weighted by molar-refractivity contribution is -0.130. The second kappa shape index (κ2) is 6.69. The van der Waals surface area contributed by atoms with Crippen LogP contribution < -0.4 is 10.6 Å². The molecule has 1 aliphatic carbocycles. The van der Waals surface area contributed by atoms with E-state index in [1.165, 1.54) is 38.5 Å². The number of aromatic nitrogens is 1. The molecule has 116 valence electrons. The summed E-state index contributed by atoms with van der Waals surface area (Å²) in [5.41, 5.74) is 1.22. The number of benzene rings is 1. The minimum Gasteiger partial charge on any atom is -0.494 e. The molecular formula is C18H21NO3. The molecular weight excluding hydrogens is 278 g/mol. The number of H-pyrrole nitrogens is 1. The number of carbonyl (C=O) groups is 1. The van der Waals surface area contributed by atoms with Gasteiger partial charge in [-0.05, 0) is 6.07 Å². The molecule has 0 bridgehead atoms. The van der Waals surface area contributed by atoms with Gasteiger partial charge in [-0.2, -0.15) is 0 Å². The van der Waals surface area contributed by atoms with Gasteiger partial charge in [0.05, 0.1) is 10.9 Å². The molecule has 1 aromatic carbocycles. The maximum atomic E-state index is 11.1. The van der Waals surface area contributed by atoms with Gasteiger partial charge in [-0.25, -0.2) is 4.79 Å². The first-order valence-electron chi connectivity index (χ1n) is 7.92. The molecule has 0 saturated heterocycles. The summed E-state index contributed by atoms with van der Waals surface area (Å²) in [5, 5.41) is 11.5. The van der Waals surface area contributed by atoms with Crippen LogP contribution in [0.25, 0.3) is 22.7 Å². The van der Waals surface area contributed by atoms with Gasteiger partial charge in [0.1, 0.15) is 12.9 Å². The van der Waals surface area contributed by atoms with Crippen LogP contribution in [0.1, 0.15) is 38.5 Å². The Balaban J connectivity index is 0.000000202. The molecule has 2 aliphatic rings. The average molecular weight is 299 g/mol. The van der Waals surface area contributed by atoms with E-state index in [-0.39, 0.29) is 6.61 Å². The molecule has 4 nitrogen and oxygen atoms in total. The smallest absolute Gasteiger partial charge is 0.335 e. The molecule has 0 spiro atoms. The van der Waals surface area contributed by atoms with Gasteiger partial charge < -0.3 is 14.8 Å². The first-order chi connectivity index (χ1) is 10.8. The van der Waals surface area contributed by atoms with Crippen molar-refractivity contribution in [2.75, 3.05) is 6.61 Å². The van der Waals surface area contributed by atoms with Crippen molar-refractivity contribution in [2.45, 2.75) is 38.5 Å². The molecule has 0 amide bonds. The van der Waals surface area contributed by atoms with E-state index in [2.05, 4.69) is 4.98 Å². The van der Waals surface area contributed by atoms with E-state index in [4.69, 9.17) is 9.84 Å². The highest BCUT2D eigenvalue weighted by molar-refractivity contribution is 6.11. The Morgan fingerprint density at radius 1 is 1.05 bits per heavy atom. The molecule has 0 atom stereocenters. The third-order valence-corrected chi connectivity index (χ3v) is 4.22. The third kappa shape index (κ3) is 3.01. The summed E-state index contributed by atoms with van der Waals surface area (Å²) < 4.78 is 5.13. The minimum atomic E-state index is -0.931. The fourth-order valence-corrected chi connectivity index (χ4v) is 3.09. The zero-order chi connectivity index (χ0) is 15.4. The van der Waals surface area contributed by atoms with Crippen LogP contribution in [0, 0.1) is 0 Å². The topological polar surface area (TPSA) is 62.3 Å². The first-order valence-corrected chi connectivity index (χ1v) is 7.92. The average Bonchev–Trinajstić information content (AvgIpc) is 2.95. The van der Waals surface area contributed by atoms with Crippen LogP contribution in [-0.4, -0.2) is 22.7 Å². The Kier molecular flexibility index (Phi) is 4.47. The van der Waals surface area contributed by atoms with Gasteiger partial charge in [-0.3, -0.25) is 0 Å². The predicted molar refractivity (Wildman–Crippen MR) is 86.7 cm³/mol. The molecule has 22 heavy (non-hydrogen) atoms. The standard InChI is InChI=1S/C12H9NO3.C6H12/c14-12(15)8-5-16-6-10-11(8)7-3-1-2-4-9(7)13-10;1-2-4-6-5-3-1/h1-4,6,13H,5H2,(H,14,15);1-6H2. The van der Waals surface area contributed by atoms with Gasteiger partial charge in [-0.1, -0.05) is 56.7 Å². The summed E-state index contributed by atoms with van der Waals surface area (Å²) in [6.07, 6.45) is 10.6. The van der Waals surface area contributed by atoms with E-state index < -0.39 is 5.97 Å². The molecule has 1 aliphatic heterocycles. The van der Waals surface area contributed by atoms with Gasteiger partial charge in [0.15, 0.2) is 0 Å². The van der Waals surface area contributed by atoms with Crippen molar-refractivity contribution >= 4 is 28.7 Å². The normalized spacial score (nSPS) is 16.8. The van der Waals surface area contributed by atoms with Gasteiger partial charge in [0.2, 0.25) is 0 Å². The summed E-state index contributed by atoms with van der Waals surface area (Å²) in [4.78, 5) is 14.3. The highest BCUT2D eigenvalue weighted by atomic mass is 16.5. The lowest BCUT2D eigenvalue weighted by Crippen LogP contribution is -2.33. The molecule has 1 aromatic heterocycles. The van der Waals surface area contributed by atoms with Crippen molar-refractivity contribution in [3.8, 4) is 0 Å². The Labute approximate surface area is 129 Å². The molecule has 1 saturated carbocycles. The van der Waals surface area contributed by atoms with Crippen LogP contribution in [0.3, 0.4) is 0 Å². The minimum absolute atomic E-state index is 0.115. The van der Waals surface area contributed by atoms with E-state index in [0.29, 0.717) is 5.57 Å². The van der Waals surface area contributed by atoms with Crippen molar-refractivity contribution in [3.05, 3.63) is 34.8 Å². The number of carboxylic acids is 1. The number of hydrogen-bond acceptors (Lipinski definition) is 2. The maximum absolute atomic E-state index is 11.1. The van der Waals surface area contributed by atoms with Crippen LogP contribution >= 0.6 is 0 Å². The van der Waals surface area contributed by atoms with Gasteiger partial charge >= 0.3 is 5.97 Å². The molecule has 4 heteroatoms. The largest absolute Gasteiger partial charge is 0.494 e. The summed E-state index contributed by atoms with van der Waals surface area (Å²) in [6, 6.07) is 7.63. The summed E-state index contributed by atoms with van der Waals surface area (Å²) in [7, 11) is 0. The van der Waals surface area contributed by atoms with Gasteiger partial charge in [0.25, 0.3) is 0 Å². The summed E-state index contributed by atoms with van der Waals surface area (Å²) in [5.74, 6) is -0.931. The summed E-state index contributed by atoms with van der Waals surface area (Å²) in [6.45, 7) is 0.115. The number of ether oxygens (including phenoxy) is 1. The molecule has 0 unspecified atom stereocenters. The number of aromatic amines is 1. The SMILES string of the molecule is C1CCCCC1.O=C(O)C1=c2c([nH]c3ccccc23)=COC1. The number of para-hydroxylation sites is 1. The monoisotopic (exact) mass is 299 g/mol. The number of nitrogens with one attached hydrogen (secondary N) is 1. The lowest BCUT2D eigenvalue weighted by Gasteiger charge is -2.05. The zero-order valence-corrected chi connectivity index (χ0v) is 12.6. The fourth-order valence-electron chi connectivity index (χ4n) is 3.09. The molecule has 2 aromatic rings. The van der Waals surface area contributed by atoms with Crippen LogP contribution in [-0.2, 0) is 9.53 Å². The lowest BCUT2D eigenvalue weighted by atomic mass is 10.0. The van der Waals surface area contributed by atoms with Gasteiger partial charge in [0, 0.05) is 16.1 Å². The predicted octanol–water partition coefficient (Wildman–Crippen LogP) is 2.51. The number of carboxylic acid groups (broad SMARTS) is 1. The van der Waals surface area contributed by atoms with E-state index >= 15 is 0 Å². The van der Waals surface area contributed by atoms with E-state index in [9.17, 15) is 4.79 Å². The second-order valence-corrected chi connectivity index (χ2v) is 5.79. The second-order valence-electron chi connectivity index (χ2n) is 5.79.